The van der Waals surface area contributed by atoms with Gasteiger partial charge in [0.2, 0.25) is 5.91 Å². The molecule has 1 aromatic carbocycles. The van der Waals surface area contributed by atoms with Crippen LogP contribution in [0.1, 0.15) is 19.4 Å². The number of carbonyl (C=O) groups excluding carboxylic acids is 1. The maximum absolute atomic E-state index is 12.1. The number of carbonyl (C=O) groups is 1. The Morgan fingerprint density at radius 1 is 1.32 bits per heavy atom. The second kappa shape index (κ2) is 6.27. The van der Waals surface area contributed by atoms with Crippen LogP contribution in [-0.2, 0) is 10.2 Å². The van der Waals surface area contributed by atoms with Gasteiger partial charge in [0.05, 0.1) is 19.6 Å². The normalized spacial score (nSPS) is 10.7. The number of rotatable bonds is 6. The quantitative estimate of drug-likeness (QED) is 0.801. The van der Waals surface area contributed by atoms with Crippen molar-refractivity contribution in [3.8, 4) is 11.5 Å². The molecule has 1 aromatic rings. The van der Waals surface area contributed by atoms with E-state index in [2.05, 4.69) is 11.9 Å². The molecule has 0 aliphatic heterocycles. The van der Waals surface area contributed by atoms with Crippen LogP contribution in [0.15, 0.2) is 30.9 Å². The summed E-state index contributed by atoms with van der Waals surface area (Å²) in [6, 6.07) is 5.50. The minimum atomic E-state index is -0.650. The molecule has 1 amide bonds. The van der Waals surface area contributed by atoms with E-state index < -0.39 is 5.41 Å². The summed E-state index contributed by atoms with van der Waals surface area (Å²) in [4.78, 5) is 12.1. The lowest BCUT2D eigenvalue weighted by molar-refractivity contribution is -0.125. The lowest BCUT2D eigenvalue weighted by Gasteiger charge is -2.24. The maximum atomic E-state index is 12.1. The molecule has 1 rings (SSSR count). The molecule has 19 heavy (non-hydrogen) atoms. The van der Waals surface area contributed by atoms with Crippen LogP contribution >= 0.6 is 0 Å². The summed E-state index contributed by atoms with van der Waals surface area (Å²) in [5.41, 5.74) is 0.217. The first-order valence-electron chi connectivity index (χ1n) is 6.09. The van der Waals surface area contributed by atoms with Gasteiger partial charge in [0.25, 0.3) is 0 Å². The fourth-order valence-electron chi connectivity index (χ4n) is 1.74. The SMILES string of the molecule is C=CCNC(=O)C(C)(C)c1ccc(OC)c(OC)c1. The van der Waals surface area contributed by atoms with Gasteiger partial charge in [-0.15, -0.1) is 6.58 Å². The summed E-state index contributed by atoms with van der Waals surface area (Å²) in [7, 11) is 3.16. The standard InChI is InChI=1S/C15H21NO3/c1-6-9-16-14(17)15(2,3)11-7-8-12(18-4)13(10-11)19-5/h6-8,10H,1,9H2,2-5H3,(H,16,17). The number of benzene rings is 1. The molecule has 4 nitrogen and oxygen atoms in total. The molecule has 0 aliphatic rings. The van der Waals surface area contributed by atoms with Crippen molar-refractivity contribution in [1.29, 1.82) is 0 Å². The number of ether oxygens (including phenoxy) is 2. The molecule has 0 radical (unpaired) electrons. The van der Waals surface area contributed by atoms with Crippen LogP contribution in [0.25, 0.3) is 0 Å². The van der Waals surface area contributed by atoms with Gasteiger partial charge >= 0.3 is 0 Å². The van der Waals surface area contributed by atoms with Crippen molar-refractivity contribution >= 4 is 5.91 Å². The van der Waals surface area contributed by atoms with E-state index in [1.54, 1.807) is 26.4 Å². The Morgan fingerprint density at radius 3 is 2.47 bits per heavy atom. The summed E-state index contributed by atoms with van der Waals surface area (Å²) >= 11 is 0. The second-order valence-electron chi connectivity index (χ2n) is 4.69. The van der Waals surface area contributed by atoms with Crippen molar-refractivity contribution in [2.45, 2.75) is 19.3 Å². The molecule has 0 heterocycles. The lowest BCUT2D eigenvalue weighted by Crippen LogP contribution is -2.40. The number of hydrogen-bond donors (Lipinski definition) is 1. The van der Waals surface area contributed by atoms with Crippen molar-refractivity contribution in [3.63, 3.8) is 0 Å². The van der Waals surface area contributed by atoms with Crippen LogP contribution in [0, 0.1) is 0 Å². The van der Waals surface area contributed by atoms with Gasteiger partial charge in [0.1, 0.15) is 0 Å². The molecular weight excluding hydrogens is 242 g/mol. The maximum Gasteiger partial charge on any atom is 0.230 e. The summed E-state index contributed by atoms with van der Waals surface area (Å²) < 4.78 is 10.5. The minimum Gasteiger partial charge on any atom is -0.493 e. The zero-order chi connectivity index (χ0) is 14.5. The second-order valence-corrected chi connectivity index (χ2v) is 4.69. The molecule has 1 N–H and O–H groups in total. The Morgan fingerprint density at radius 2 is 1.95 bits per heavy atom. The predicted octanol–water partition coefficient (Wildman–Crippen LogP) is 2.28. The Kier molecular flexibility index (Phi) is 4.98. The van der Waals surface area contributed by atoms with E-state index in [0.29, 0.717) is 18.0 Å². The van der Waals surface area contributed by atoms with E-state index in [-0.39, 0.29) is 5.91 Å². The molecular formula is C15H21NO3. The largest absolute Gasteiger partial charge is 0.493 e. The van der Waals surface area contributed by atoms with E-state index in [0.717, 1.165) is 5.56 Å². The van der Waals surface area contributed by atoms with Crippen LogP contribution in [0.4, 0.5) is 0 Å². The van der Waals surface area contributed by atoms with Crippen LogP contribution in [0.2, 0.25) is 0 Å². The van der Waals surface area contributed by atoms with Crippen molar-refractivity contribution in [3.05, 3.63) is 36.4 Å². The molecule has 104 valence electrons. The fourth-order valence-corrected chi connectivity index (χ4v) is 1.74. The average molecular weight is 263 g/mol. The van der Waals surface area contributed by atoms with Gasteiger partial charge < -0.3 is 14.8 Å². The first kappa shape index (κ1) is 15.1. The molecule has 0 atom stereocenters. The predicted molar refractivity (Wildman–Crippen MR) is 75.8 cm³/mol. The van der Waals surface area contributed by atoms with Crippen LogP contribution in [0.5, 0.6) is 11.5 Å². The minimum absolute atomic E-state index is 0.0559. The summed E-state index contributed by atoms with van der Waals surface area (Å²) in [5.74, 6) is 1.21. The first-order chi connectivity index (χ1) is 8.97. The van der Waals surface area contributed by atoms with Crippen LogP contribution < -0.4 is 14.8 Å². The van der Waals surface area contributed by atoms with Crippen LogP contribution in [0.3, 0.4) is 0 Å². The molecule has 0 spiro atoms. The number of methoxy groups -OCH3 is 2. The Balaban J connectivity index is 3.06. The summed E-state index contributed by atoms with van der Waals surface area (Å²) in [5, 5.41) is 2.81. The van der Waals surface area contributed by atoms with Gasteiger partial charge in [-0.05, 0) is 31.5 Å². The fraction of sp³-hybridized carbons (Fsp3) is 0.400. The Bertz CT molecular complexity index is 466. The van der Waals surface area contributed by atoms with E-state index >= 15 is 0 Å². The van der Waals surface area contributed by atoms with Gasteiger partial charge in [-0.3, -0.25) is 4.79 Å². The van der Waals surface area contributed by atoms with Crippen molar-refractivity contribution in [2.24, 2.45) is 0 Å². The third-order valence-electron chi connectivity index (χ3n) is 3.08. The highest BCUT2D eigenvalue weighted by atomic mass is 16.5. The van der Waals surface area contributed by atoms with Crippen LogP contribution in [-0.4, -0.2) is 26.7 Å². The number of nitrogens with one attached hydrogen (secondary N) is 1. The zero-order valence-electron chi connectivity index (χ0n) is 11.9. The zero-order valence-corrected chi connectivity index (χ0v) is 11.9. The molecule has 4 heteroatoms. The third kappa shape index (κ3) is 3.28. The molecule has 0 saturated carbocycles. The highest BCUT2D eigenvalue weighted by Gasteiger charge is 2.30. The molecule has 0 aromatic heterocycles. The molecule has 0 fully saturated rings. The monoisotopic (exact) mass is 263 g/mol. The molecule has 0 aliphatic carbocycles. The first-order valence-corrected chi connectivity index (χ1v) is 6.09. The van der Waals surface area contributed by atoms with Gasteiger partial charge in [-0.1, -0.05) is 12.1 Å². The topological polar surface area (TPSA) is 47.6 Å². The van der Waals surface area contributed by atoms with Gasteiger partial charge in [-0.2, -0.15) is 0 Å². The van der Waals surface area contributed by atoms with E-state index in [1.807, 2.05) is 26.0 Å². The molecule has 0 unspecified atom stereocenters. The molecule has 0 bridgehead atoms. The van der Waals surface area contributed by atoms with Gasteiger partial charge in [-0.25, -0.2) is 0 Å². The highest BCUT2D eigenvalue weighted by Crippen LogP contribution is 2.33. The lowest BCUT2D eigenvalue weighted by atomic mass is 9.83. The van der Waals surface area contributed by atoms with E-state index in [9.17, 15) is 4.79 Å². The summed E-state index contributed by atoms with van der Waals surface area (Å²) in [6.45, 7) is 7.78. The van der Waals surface area contributed by atoms with Crippen molar-refractivity contribution < 1.29 is 14.3 Å². The summed E-state index contributed by atoms with van der Waals surface area (Å²) in [6.07, 6.45) is 1.66. The molecule has 0 saturated heterocycles. The Labute approximate surface area is 114 Å². The number of amides is 1. The van der Waals surface area contributed by atoms with Crippen molar-refractivity contribution in [1.82, 2.24) is 5.32 Å². The smallest absolute Gasteiger partial charge is 0.230 e. The van der Waals surface area contributed by atoms with Gasteiger partial charge in [0.15, 0.2) is 11.5 Å². The van der Waals surface area contributed by atoms with Gasteiger partial charge in [0, 0.05) is 6.54 Å². The highest BCUT2D eigenvalue weighted by molar-refractivity contribution is 5.87. The van der Waals surface area contributed by atoms with Crippen molar-refractivity contribution in [2.75, 3.05) is 20.8 Å². The average Bonchev–Trinajstić information content (AvgIpc) is 2.43. The Hall–Kier alpha value is -1.97. The number of hydrogen-bond acceptors (Lipinski definition) is 3. The third-order valence-corrected chi connectivity index (χ3v) is 3.08. The van der Waals surface area contributed by atoms with E-state index in [4.69, 9.17) is 9.47 Å². The van der Waals surface area contributed by atoms with E-state index in [1.165, 1.54) is 0 Å².